The van der Waals surface area contributed by atoms with E-state index >= 15 is 0 Å². The predicted molar refractivity (Wildman–Crippen MR) is 83.4 cm³/mol. The number of benzene rings is 1. The molecule has 1 N–H and O–H groups in total. The molecule has 2 aromatic rings. The summed E-state index contributed by atoms with van der Waals surface area (Å²) in [5.41, 5.74) is 5.59. The lowest BCUT2D eigenvalue weighted by atomic mass is 9.74. The van der Waals surface area contributed by atoms with E-state index in [0.29, 0.717) is 5.41 Å². The standard InChI is InChI=1S/C17H21N3/c1-3-13-6-12(2)19-16-5-4-14(7-15(13)16)20-10-17(11-20)8-18-9-17/h4-7,18H,3,8-11H2,1-2H3. The number of aryl methyl sites for hydroxylation is 2. The molecule has 4 rings (SSSR count). The average molecular weight is 267 g/mol. The van der Waals surface area contributed by atoms with Crippen molar-refractivity contribution >= 4 is 16.6 Å². The van der Waals surface area contributed by atoms with Crippen LogP contribution in [-0.4, -0.2) is 31.2 Å². The maximum absolute atomic E-state index is 4.66. The lowest BCUT2D eigenvalue weighted by molar-refractivity contribution is 0.121. The van der Waals surface area contributed by atoms with Crippen LogP contribution in [0, 0.1) is 12.3 Å². The zero-order valence-electron chi connectivity index (χ0n) is 12.2. The van der Waals surface area contributed by atoms with Crippen LogP contribution >= 0.6 is 0 Å². The number of aromatic nitrogens is 1. The van der Waals surface area contributed by atoms with Gasteiger partial charge in [0.1, 0.15) is 0 Å². The summed E-state index contributed by atoms with van der Waals surface area (Å²) in [7, 11) is 0. The Morgan fingerprint density at radius 1 is 1.25 bits per heavy atom. The van der Waals surface area contributed by atoms with Crippen molar-refractivity contribution in [3.8, 4) is 0 Å². The van der Waals surface area contributed by atoms with E-state index < -0.39 is 0 Å². The van der Waals surface area contributed by atoms with Crippen molar-refractivity contribution in [3.63, 3.8) is 0 Å². The highest BCUT2D eigenvalue weighted by molar-refractivity contribution is 5.86. The number of nitrogens with zero attached hydrogens (tertiary/aromatic N) is 2. The molecule has 0 saturated carbocycles. The average Bonchev–Trinajstić information content (AvgIpc) is 2.34. The molecule has 1 spiro atoms. The van der Waals surface area contributed by atoms with Gasteiger partial charge >= 0.3 is 0 Å². The Kier molecular flexibility index (Phi) is 2.55. The highest BCUT2D eigenvalue weighted by Gasteiger charge is 2.47. The number of rotatable bonds is 2. The van der Waals surface area contributed by atoms with Crippen LogP contribution in [0.5, 0.6) is 0 Å². The van der Waals surface area contributed by atoms with Gasteiger partial charge < -0.3 is 10.2 Å². The third kappa shape index (κ3) is 1.73. The molecule has 104 valence electrons. The maximum Gasteiger partial charge on any atom is 0.0709 e. The Hall–Kier alpha value is -1.61. The summed E-state index contributed by atoms with van der Waals surface area (Å²) in [4.78, 5) is 7.16. The number of hydrogen-bond donors (Lipinski definition) is 1. The van der Waals surface area contributed by atoms with Gasteiger partial charge in [-0.25, -0.2) is 0 Å². The van der Waals surface area contributed by atoms with Crippen LogP contribution in [0.2, 0.25) is 0 Å². The monoisotopic (exact) mass is 267 g/mol. The van der Waals surface area contributed by atoms with E-state index in [-0.39, 0.29) is 0 Å². The van der Waals surface area contributed by atoms with E-state index in [1.807, 2.05) is 0 Å². The van der Waals surface area contributed by atoms with Crippen molar-refractivity contribution in [3.05, 3.63) is 35.5 Å². The second kappa shape index (κ2) is 4.19. The minimum absolute atomic E-state index is 0.577. The van der Waals surface area contributed by atoms with Gasteiger partial charge in [-0.15, -0.1) is 0 Å². The zero-order chi connectivity index (χ0) is 13.7. The van der Waals surface area contributed by atoms with E-state index in [4.69, 9.17) is 0 Å². The molecule has 2 fully saturated rings. The molecule has 3 nitrogen and oxygen atoms in total. The van der Waals surface area contributed by atoms with E-state index in [2.05, 4.69) is 53.3 Å². The molecule has 0 unspecified atom stereocenters. The quantitative estimate of drug-likeness (QED) is 0.906. The molecule has 0 aliphatic carbocycles. The Labute approximate surface area is 120 Å². The van der Waals surface area contributed by atoms with Crippen LogP contribution in [0.3, 0.4) is 0 Å². The second-order valence-electron chi connectivity index (χ2n) is 6.44. The van der Waals surface area contributed by atoms with Gasteiger partial charge in [0.15, 0.2) is 0 Å². The first-order valence-corrected chi connectivity index (χ1v) is 7.55. The zero-order valence-corrected chi connectivity index (χ0v) is 12.2. The molecule has 2 aliphatic rings. The molecule has 2 aliphatic heterocycles. The van der Waals surface area contributed by atoms with E-state index in [1.165, 1.54) is 42.8 Å². The van der Waals surface area contributed by atoms with Crippen LogP contribution in [0.15, 0.2) is 24.3 Å². The molecule has 0 bridgehead atoms. The van der Waals surface area contributed by atoms with Crippen molar-refractivity contribution < 1.29 is 0 Å². The topological polar surface area (TPSA) is 28.2 Å². The Balaban J connectivity index is 1.70. The van der Waals surface area contributed by atoms with E-state index in [9.17, 15) is 0 Å². The summed E-state index contributed by atoms with van der Waals surface area (Å²) in [6, 6.07) is 8.97. The predicted octanol–water partition coefficient (Wildman–Crippen LogP) is 2.52. The summed E-state index contributed by atoms with van der Waals surface area (Å²) in [6.07, 6.45) is 1.07. The van der Waals surface area contributed by atoms with Gasteiger partial charge in [0, 0.05) is 48.4 Å². The SMILES string of the molecule is CCc1cc(C)nc2ccc(N3CC4(CNC4)C3)cc12. The van der Waals surface area contributed by atoms with Crippen LogP contribution in [0.4, 0.5) is 5.69 Å². The third-order valence-corrected chi connectivity index (χ3v) is 4.80. The van der Waals surface area contributed by atoms with Crippen LogP contribution in [-0.2, 0) is 6.42 Å². The smallest absolute Gasteiger partial charge is 0.0709 e. The maximum atomic E-state index is 4.66. The van der Waals surface area contributed by atoms with E-state index in [0.717, 1.165) is 17.6 Å². The molecule has 3 heterocycles. The minimum Gasteiger partial charge on any atom is -0.370 e. The van der Waals surface area contributed by atoms with Crippen molar-refractivity contribution in [1.29, 1.82) is 0 Å². The molecule has 20 heavy (non-hydrogen) atoms. The summed E-state index contributed by atoms with van der Waals surface area (Å²) in [5, 5.41) is 4.72. The molecule has 1 aromatic heterocycles. The van der Waals surface area contributed by atoms with E-state index in [1.54, 1.807) is 0 Å². The number of pyridine rings is 1. The number of fused-ring (bicyclic) bond motifs is 1. The second-order valence-corrected chi connectivity index (χ2v) is 6.44. The Morgan fingerprint density at radius 3 is 2.70 bits per heavy atom. The van der Waals surface area contributed by atoms with Gasteiger partial charge in [-0.3, -0.25) is 4.98 Å². The van der Waals surface area contributed by atoms with Gasteiger partial charge in [-0.2, -0.15) is 0 Å². The van der Waals surface area contributed by atoms with Crippen LogP contribution < -0.4 is 10.2 Å². The van der Waals surface area contributed by atoms with Crippen LogP contribution in [0.1, 0.15) is 18.2 Å². The van der Waals surface area contributed by atoms with Crippen molar-refractivity contribution in [2.24, 2.45) is 5.41 Å². The lowest BCUT2D eigenvalue weighted by Gasteiger charge is -2.57. The van der Waals surface area contributed by atoms with Crippen molar-refractivity contribution in [2.75, 3.05) is 31.1 Å². The normalized spacial score (nSPS) is 20.0. The molecule has 0 amide bonds. The van der Waals surface area contributed by atoms with Gasteiger partial charge in [0.05, 0.1) is 5.52 Å². The van der Waals surface area contributed by atoms with Crippen molar-refractivity contribution in [2.45, 2.75) is 20.3 Å². The minimum atomic E-state index is 0.577. The molecule has 1 aromatic carbocycles. The van der Waals surface area contributed by atoms with Gasteiger partial charge in [-0.1, -0.05) is 6.92 Å². The molecule has 0 radical (unpaired) electrons. The Morgan fingerprint density at radius 2 is 2.05 bits per heavy atom. The summed E-state index contributed by atoms with van der Waals surface area (Å²) < 4.78 is 0. The fourth-order valence-electron chi connectivity index (χ4n) is 3.57. The first-order valence-electron chi connectivity index (χ1n) is 7.55. The fourth-order valence-corrected chi connectivity index (χ4v) is 3.57. The highest BCUT2D eigenvalue weighted by Crippen LogP contribution is 2.38. The van der Waals surface area contributed by atoms with Gasteiger partial charge in [0.25, 0.3) is 0 Å². The molecular weight excluding hydrogens is 246 g/mol. The van der Waals surface area contributed by atoms with Gasteiger partial charge in [0.2, 0.25) is 0 Å². The molecule has 0 atom stereocenters. The number of nitrogens with one attached hydrogen (secondary N) is 1. The lowest BCUT2D eigenvalue weighted by Crippen LogP contribution is -2.71. The summed E-state index contributed by atoms with van der Waals surface area (Å²) in [5.74, 6) is 0. The molecular formula is C17H21N3. The Bertz CT molecular complexity index is 665. The first-order chi connectivity index (χ1) is 9.69. The molecule has 2 saturated heterocycles. The number of hydrogen-bond acceptors (Lipinski definition) is 3. The summed E-state index contributed by atoms with van der Waals surface area (Å²) in [6.45, 7) is 9.09. The largest absolute Gasteiger partial charge is 0.370 e. The molecule has 3 heteroatoms. The highest BCUT2D eigenvalue weighted by atomic mass is 15.3. The van der Waals surface area contributed by atoms with Crippen LogP contribution in [0.25, 0.3) is 10.9 Å². The fraction of sp³-hybridized carbons (Fsp3) is 0.471. The third-order valence-electron chi connectivity index (χ3n) is 4.80. The van der Waals surface area contributed by atoms with Gasteiger partial charge in [-0.05, 0) is 43.2 Å². The summed E-state index contributed by atoms with van der Waals surface area (Å²) >= 11 is 0. The number of anilines is 1. The first kappa shape index (κ1) is 12.2. The van der Waals surface area contributed by atoms with Crippen molar-refractivity contribution in [1.82, 2.24) is 10.3 Å².